The number of fused-ring (bicyclic) bond motifs is 1. The molecule has 1 aliphatic heterocycles. The van der Waals surface area contributed by atoms with Crippen molar-refractivity contribution in [2.24, 2.45) is 5.41 Å². The highest BCUT2D eigenvalue weighted by molar-refractivity contribution is 6.09. The van der Waals surface area contributed by atoms with Gasteiger partial charge in [0, 0.05) is 12.2 Å². The number of anilines is 1. The van der Waals surface area contributed by atoms with Crippen molar-refractivity contribution in [2.45, 2.75) is 34.2 Å². The van der Waals surface area contributed by atoms with Crippen LogP contribution in [0.3, 0.4) is 0 Å². The van der Waals surface area contributed by atoms with E-state index in [9.17, 15) is 9.59 Å². The average molecular weight is 368 g/mol. The highest BCUT2D eigenvalue weighted by Crippen LogP contribution is 2.32. The van der Waals surface area contributed by atoms with Crippen molar-refractivity contribution in [1.29, 1.82) is 0 Å². The molecule has 2 amide bonds. The number of carbonyl (C=O) groups excluding carboxylic acids is 2. The van der Waals surface area contributed by atoms with Crippen molar-refractivity contribution in [3.05, 3.63) is 53.1 Å². The van der Waals surface area contributed by atoms with Crippen molar-refractivity contribution < 1.29 is 19.1 Å². The molecule has 6 heteroatoms. The Morgan fingerprint density at radius 3 is 2.33 bits per heavy atom. The number of hydrogen-bond acceptors (Lipinski definition) is 4. The molecule has 1 aliphatic rings. The van der Waals surface area contributed by atoms with Crippen molar-refractivity contribution in [3.8, 4) is 11.5 Å². The van der Waals surface area contributed by atoms with Crippen LogP contribution in [0.4, 0.5) is 5.69 Å². The van der Waals surface area contributed by atoms with Gasteiger partial charge >= 0.3 is 0 Å². The number of amides is 2. The summed E-state index contributed by atoms with van der Waals surface area (Å²) in [5.41, 5.74) is 2.45. The Balaban J connectivity index is 1.62. The predicted octanol–water partition coefficient (Wildman–Crippen LogP) is 3.31. The zero-order valence-electron chi connectivity index (χ0n) is 16.0. The van der Waals surface area contributed by atoms with Gasteiger partial charge in [0.1, 0.15) is 5.41 Å². The topological polar surface area (TPSA) is 76.7 Å². The van der Waals surface area contributed by atoms with Crippen LogP contribution in [0, 0.1) is 19.3 Å². The van der Waals surface area contributed by atoms with Gasteiger partial charge < -0.3 is 20.1 Å². The van der Waals surface area contributed by atoms with Gasteiger partial charge in [-0.2, -0.15) is 0 Å². The lowest BCUT2D eigenvalue weighted by atomic mass is 9.90. The summed E-state index contributed by atoms with van der Waals surface area (Å²) in [5, 5.41) is 5.66. The van der Waals surface area contributed by atoms with Crippen LogP contribution in [0.15, 0.2) is 36.4 Å². The first-order valence-corrected chi connectivity index (χ1v) is 8.82. The Labute approximate surface area is 158 Å². The summed E-state index contributed by atoms with van der Waals surface area (Å²) < 4.78 is 10.6. The smallest absolute Gasteiger partial charge is 0.239 e. The fourth-order valence-electron chi connectivity index (χ4n) is 2.89. The third-order valence-corrected chi connectivity index (χ3v) is 4.50. The summed E-state index contributed by atoms with van der Waals surface area (Å²) in [5.74, 6) is 0.657. The van der Waals surface area contributed by atoms with E-state index in [-0.39, 0.29) is 18.6 Å². The van der Waals surface area contributed by atoms with Gasteiger partial charge in [-0.05, 0) is 68.7 Å². The van der Waals surface area contributed by atoms with Gasteiger partial charge in [-0.1, -0.05) is 12.1 Å². The average Bonchev–Trinajstić information content (AvgIpc) is 3.06. The Hall–Kier alpha value is -3.02. The molecule has 6 nitrogen and oxygen atoms in total. The molecule has 0 bridgehead atoms. The Morgan fingerprint density at radius 1 is 0.963 bits per heavy atom. The van der Waals surface area contributed by atoms with E-state index in [1.54, 1.807) is 13.8 Å². The largest absolute Gasteiger partial charge is 0.454 e. The molecule has 0 fully saturated rings. The molecule has 0 atom stereocenters. The molecule has 1 heterocycles. The van der Waals surface area contributed by atoms with Crippen LogP contribution in [-0.2, 0) is 16.1 Å². The van der Waals surface area contributed by atoms with E-state index in [1.165, 1.54) is 0 Å². The van der Waals surface area contributed by atoms with Crippen LogP contribution in [0.25, 0.3) is 0 Å². The first-order valence-electron chi connectivity index (χ1n) is 8.82. The minimum absolute atomic E-state index is 0.205. The lowest BCUT2D eigenvalue weighted by molar-refractivity contribution is -0.138. The first-order chi connectivity index (χ1) is 12.8. The van der Waals surface area contributed by atoms with Crippen LogP contribution >= 0.6 is 0 Å². The second-order valence-electron chi connectivity index (χ2n) is 7.33. The maximum absolute atomic E-state index is 12.7. The van der Waals surface area contributed by atoms with Crippen LogP contribution in [0.1, 0.15) is 30.5 Å². The Kier molecular flexibility index (Phi) is 5.08. The van der Waals surface area contributed by atoms with Crippen LogP contribution < -0.4 is 20.1 Å². The maximum atomic E-state index is 12.7. The maximum Gasteiger partial charge on any atom is 0.239 e. The molecule has 142 valence electrons. The number of hydrogen-bond donors (Lipinski definition) is 2. The second kappa shape index (κ2) is 7.31. The van der Waals surface area contributed by atoms with Gasteiger partial charge in [0.05, 0.1) is 0 Å². The first kappa shape index (κ1) is 18.8. The van der Waals surface area contributed by atoms with Crippen LogP contribution in [0.5, 0.6) is 11.5 Å². The number of ether oxygens (including phenoxy) is 2. The monoisotopic (exact) mass is 368 g/mol. The van der Waals surface area contributed by atoms with Gasteiger partial charge in [0.15, 0.2) is 11.5 Å². The van der Waals surface area contributed by atoms with E-state index in [2.05, 4.69) is 10.6 Å². The molecule has 0 unspecified atom stereocenters. The minimum Gasteiger partial charge on any atom is -0.454 e. The van der Waals surface area contributed by atoms with Gasteiger partial charge in [-0.3, -0.25) is 9.59 Å². The van der Waals surface area contributed by atoms with E-state index in [0.29, 0.717) is 23.7 Å². The lowest BCUT2D eigenvalue weighted by Gasteiger charge is -2.23. The Bertz CT molecular complexity index is 869. The van der Waals surface area contributed by atoms with Gasteiger partial charge in [-0.25, -0.2) is 0 Å². The molecular formula is C21H24N2O4. The highest BCUT2D eigenvalue weighted by Gasteiger charge is 2.36. The number of carbonyl (C=O) groups is 2. The molecule has 27 heavy (non-hydrogen) atoms. The van der Waals surface area contributed by atoms with E-state index < -0.39 is 5.41 Å². The van der Waals surface area contributed by atoms with Crippen molar-refractivity contribution in [3.63, 3.8) is 0 Å². The highest BCUT2D eigenvalue weighted by atomic mass is 16.7. The molecule has 3 rings (SSSR count). The zero-order chi connectivity index (χ0) is 19.6. The van der Waals surface area contributed by atoms with E-state index >= 15 is 0 Å². The predicted molar refractivity (Wildman–Crippen MR) is 103 cm³/mol. The summed E-state index contributed by atoms with van der Waals surface area (Å²) in [6.07, 6.45) is 0. The molecule has 2 aromatic carbocycles. The molecule has 0 saturated heterocycles. The molecular weight excluding hydrogens is 344 g/mol. The number of aryl methyl sites for hydroxylation is 2. The van der Waals surface area contributed by atoms with Crippen molar-refractivity contribution >= 4 is 17.5 Å². The second-order valence-corrected chi connectivity index (χ2v) is 7.33. The molecule has 2 aromatic rings. The zero-order valence-corrected chi connectivity index (χ0v) is 16.0. The summed E-state index contributed by atoms with van der Waals surface area (Å²) in [4.78, 5) is 25.3. The SMILES string of the molecule is Cc1cc(C)cc(NC(=O)C(C)(C)C(=O)NCc2ccc3c(c2)OCO3)c1. The summed E-state index contributed by atoms with van der Waals surface area (Å²) in [6, 6.07) is 11.3. The summed E-state index contributed by atoms with van der Waals surface area (Å²) >= 11 is 0. The normalized spacial score (nSPS) is 12.6. The van der Waals surface area contributed by atoms with Gasteiger partial charge in [0.25, 0.3) is 0 Å². The van der Waals surface area contributed by atoms with Gasteiger partial charge in [0.2, 0.25) is 18.6 Å². The molecule has 0 aliphatic carbocycles. The Morgan fingerprint density at radius 2 is 1.63 bits per heavy atom. The third-order valence-electron chi connectivity index (χ3n) is 4.50. The molecule has 0 saturated carbocycles. The molecule has 2 N–H and O–H groups in total. The lowest BCUT2D eigenvalue weighted by Crippen LogP contribution is -2.44. The molecule has 0 radical (unpaired) electrons. The van der Waals surface area contributed by atoms with E-state index in [1.807, 2.05) is 50.2 Å². The third kappa shape index (κ3) is 4.22. The number of benzene rings is 2. The van der Waals surface area contributed by atoms with Gasteiger partial charge in [-0.15, -0.1) is 0 Å². The van der Waals surface area contributed by atoms with Crippen molar-refractivity contribution in [2.75, 3.05) is 12.1 Å². The van der Waals surface area contributed by atoms with Crippen LogP contribution in [0.2, 0.25) is 0 Å². The fourth-order valence-corrected chi connectivity index (χ4v) is 2.89. The van der Waals surface area contributed by atoms with Crippen molar-refractivity contribution in [1.82, 2.24) is 5.32 Å². The van der Waals surface area contributed by atoms with E-state index in [0.717, 1.165) is 16.7 Å². The number of nitrogens with one attached hydrogen (secondary N) is 2. The number of rotatable bonds is 5. The summed E-state index contributed by atoms with van der Waals surface area (Å²) in [6.45, 7) is 7.66. The minimum atomic E-state index is -1.21. The standard InChI is InChI=1S/C21H24N2O4/c1-13-7-14(2)9-16(8-13)23-20(25)21(3,4)19(24)22-11-15-5-6-17-18(10-15)27-12-26-17/h5-10H,11-12H2,1-4H3,(H,22,24)(H,23,25). The fraction of sp³-hybridized carbons (Fsp3) is 0.333. The summed E-state index contributed by atoms with van der Waals surface area (Å²) in [7, 11) is 0. The quantitative estimate of drug-likeness (QED) is 0.794. The molecule has 0 spiro atoms. The van der Waals surface area contributed by atoms with E-state index in [4.69, 9.17) is 9.47 Å². The molecule has 0 aromatic heterocycles. The van der Waals surface area contributed by atoms with Crippen LogP contribution in [-0.4, -0.2) is 18.6 Å².